The van der Waals surface area contributed by atoms with Gasteiger partial charge in [-0.15, -0.1) is 0 Å². The molecule has 1 aromatic heterocycles. The first-order valence-corrected chi connectivity index (χ1v) is 9.39. The van der Waals surface area contributed by atoms with Crippen molar-refractivity contribution in [2.45, 2.75) is 27.2 Å². The summed E-state index contributed by atoms with van der Waals surface area (Å²) in [6, 6.07) is 12.7. The number of para-hydroxylation sites is 1. The Kier molecular flexibility index (Phi) is 5.95. The Balaban J connectivity index is 1.78. The van der Waals surface area contributed by atoms with Gasteiger partial charge in [-0.1, -0.05) is 42.8 Å². The Labute approximate surface area is 168 Å². The lowest BCUT2D eigenvalue weighted by Gasteiger charge is -2.13. The van der Waals surface area contributed by atoms with Gasteiger partial charge in [0.1, 0.15) is 0 Å². The van der Waals surface area contributed by atoms with E-state index in [0.717, 1.165) is 22.3 Å². The number of anilines is 1. The van der Waals surface area contributed by atoms with Crippen molar-refractivity contribution in [3.05, 3.63) is 69.9 Å². The predicted molar refractivity (Wildman–Crippen MR) is 111 cm³/mol. The monoisotopic (exact) mass is 396 g/mol. The number of esters is 1. The number of nitrogens with one attached hydrogen (secondary N) is 1. The maximum atomic E-state index is 12.8. The number of benzene rings is 2. The fraction of sp³-hybridized carbons (Fsp3) is 0.227. The Hall–Kier alpha value is -2.92. The number of hydrogen-bond donors (Lipinski definition) is 1. The number of ether oxygens (including phenoxy) is 1. The van der Waals surface area contributed by atoms with Crippen molar-refractivity contribution in [1.82, 2.24) is 4.98 Å². The molecule has 1 N–H and O–H groups in total. The number of hydrogen-bond acceptors (Lipinski definition) is 4. The first-order valence-electron chi connectivity index (χ1n) is 9.02. The van der Waals surface area contributed by atoms with Crippen LogP contribution in [0.3, 0.4) is 0 Å². The van der Waals surface area contributed by atoms with E-state index < -0.39 is 18.5 Å². The normalized spacial score (nSPS) is 10.7. The minimum atomic E-state index is -0.545. The number of aromatic nitrogens is 1. The number of rotatable bonds is 5. The molecule has 28 heavy (non-hydrogen) atoms. The van der Waals surface area contributed by atoms with Gasteiger partial charge in [-0.25, -0.2) is 4.79 Å². The molecule has 0 spiro atoms. The number of nitrogens with zero attached hydrogens (tertiary/aromatic N) is 1. The highest BCUT2D eigenvalue weighted by Gasteiger charge is 2.19. The second-order valence-electron chi connectivity index (χ2n) is 6.54. The average molecular weight is 397 g/mol. The molecule has 2 aromatic carbocycles. The van der Waals surface area contributed by atoms with E-state index in [4.69, 9.17) is 16.3 Å². The summed E-state index contributed by atoms with van der Waals surface area (Å²) in [5.41, 5.74) is 4.25. The largest absolute Gasteiger partial charge is 0.452 e. The van der Waals surface area contributed by atoms with Crippen LogP contribution in [-0.4, -0.2) is 23.5 Å². The summed E-state index contributed by atoms with van der Waals surface area (Å²) in [7, 11) is 0. The molecule has 6 heteroatoms. The minimum absolute atomic E-state index is 0.402. The van der Waals surface area contributed by atoms with Crippen LogP contribution in [0.5, 0.6) is 0 Å². The zero-order valence-electron chi connectivity index (χ0n) is 16.0. The topological polar surface area (TPSA) is 68.3 Å². The molecule has 0 radical (unpaired) electrons. The summed E-state index contributed by atoms with van der Waals surface area (Å²) < 4.78 is 5.29. The van der Waals surface area contributed by atoms with Gasteiger partial charge in [0.15, 0.2) is 6.61 Å². The lowest BCUT2D eigenvalue weighted by atomic mass is 10.0. The third-order valence-corrected chi connectivity index (χ3v) is 4.82. The molecule has 3 rings (SSSR count). The van der Waals surface area contributed by atoms with Crippen LogP contribution >= 0.6 is 11.6 Å². The van der Waals surface area contributed by atoms with E-state index in [1.807, 2.05) is 51.1 Å². The van der Waals surface area contributed by atoms with Gasteiger partial charge < -0.3 is 10.1 Å². The third-order valence-electron chi connectivity index (χ3n) is 4.51. The molecule has 0 saturated carbocycles. The van der Waals surface area contributed by atoms with Gasteiger partial charge in [-0.3, -0.25) is 9.78 Å². The average Bonchev–Trinajstić information content (AvgIpc) is 2.68. The number of amides is 1. The van der Waals surface area contributed by atoms with Crippen molar-refractivity contribution < 1.29 is 14.3 Å². The Bertz CT molecular complexity index is 1060. The van der Waals surface area contributed by atoms with Gasteiger partial charge in [-0.05, 0) is 49.6 Å². The van der Waals surface area contributed by atoms with Crippen molar-refractivity contribution >= 4 is 40.1 Å². The van der Waals surface area contributed by atoms with E-state index in [2.05, 4.69) is 10.3 Å². The van der Waals surface area contributed by atoms with E-state index in [0.29, 0.717) is 28.1 Å². The molecular formula is C22H21ClN2O3. The molecular weight excluding hydrogens is 376 g/mol. The molecule has 0 unspecified atom stereocenters. The lowest BCUT2D eigenvalue weighted by molar-refractivity contribution is -0.119. The Morgan fingerprint density at radius 3 is 2.61 bits per heavy atom. The molecule has 1 amide bonds. The summed E-state index contributed by atoms with van der Waals surface area (Å²) in [6.07, 6.45) is 0.698. The number of pyridine rings is 1. The van der Waals surface area contributed by atoms with Crippen molar-refractivity contribution in [3.8, 4) is 0 Å². The van der Waals surface area contributed by atoms with Gasteiger partial charge in [0.05, 0.1) is 21.8 Å². The van der Waals surface area contributed by atoms with Crippen molar-refractivity contribution in [2.75, 3.05) is 11.9 Å². The Morgan fingerprint density at radius 2 is 1.89 bits per heavy atom. The van der Waals surface area contributed by atoms with Crippen LogP contribution in [0, 0.1) is 13.8 Å². The van der Waals surface area contributed by atoms with E-state index in [1.54, 1.807) is 12.1 Å². The number of carbonyl (C=O) groups excluding carboxylic acids is 2. The van der Waals surface area contributed by atoms with Crippen molar-refractivity contribution in [2.24, 2.45) is 0 Å². The molecule has 0 saturated heterocycles. The minimum Gasteiger partial charge on any atom is -0.452 e. The standard InChI is InChI=1S/C22H21ClN2O3/c1-4-17-14(3)21(15-7-5-6-8-18(15)24-17)22(27)28-12-20(26)25-19-10-9-13(2)11-16(19)23/h5-11H,4,12H2,1-3H3,(H,25,26). The highest BCUT2D eigenvalue weighted by atomic mass is 35.5. The summed E-state index contributed by atoms with van der Waals surface area (Å²) in [5, 5.41) is 3.80. The fourth-order valence-electron chi connectivity index (χ4n) is 3.08. The van der Waals surface area contributed by atoms with E-state index in [1.165, 1.54) is 0 Å². The van der Waals surface area contributed by atoms with Crippen molar-refractivity contribution in [1.29, 1.82) is 0 Å². The smallest absolute Gasteiger partial charge is 0.339 e. The molecule has 0 aliphatic rings. The number of carbonyl (C=O) groups is 2. The highest BCUT2D eigenvalue weighted by molar-refractivity contribution is 6.33. The first-order chi connectivity index (χ1) is 13.4. The molecule has 1 heterocycles. The van der Waals surface area contributed by atoms with E-state index in [-0.39, 0.29) is 0 Å². The highest BCUT2D eigenvalue weighted by Crippen LogP contribution is 2.25. The molecule has 0 aliphatic carbocycles. The van der Waals surface area contributed by atoms with Gasteiger partial charge in [0, 0.05) is 11.1 Å². The van der Waals surface area contributed by atoms with Crippen LogP contribution in [-0.2, 0) is 16.0 Å². The lowest BCUT2D eigenvalue weighted by Crippen LogP contribution is -2.22. The van der Waals surface area contributed by atoms with Crippen LogP contribution in [0.2, 0.25) is 5.02 Å². The molecule has 144 valence electrons. The van der Waals surface area contributed by atoms with Gasteiger partial charge in [-0.2, -0.15) is 0 Å². The number of fused-ring (bicyclic) bond motifs is 1. The zero-order valence-corrected chi connectivity index (χ0v) is 16.8. The van der Waals surface area contributed by atoms with Crippen LogP contribution in [0.1, 0.15) is 34.1 Å². The number of halogens is 1. The maximum Gasteiger partial charge on any atom is 0.339 e. The molecule has 0 aliphatic heterocycles. The first kappa shape index (κ1) is 19.8. The molecule has 3 aromatic rings. The van der Waals surface area contributed by atoms with Crippen LogP contribution < -0.4 is 5.32 Å². The fourth-order valence-corrected chi connectivity index (χ4v) is 3.36. The predicted octanol–water partition coefficient (Wildman–Crippen LogP) is 4.86. The van der Waals surface area contributed by atoms with Gasteiger partial charge in [0.25, 0.3) is 5.91 Å². The molecule has 0 fully saturated rings. The maximum absolute atomic E-state index is 12.8. The summed E-state index contributed by atoms with van der Waals surface area (Å²) in [4.78, 5) is 29.6. The number of aryl methyl sites for hydroxylation is 2. The van der Waals surface area contributed by atoms with Crippen LogP contribution in [0.15, 0.2) is 42.5 Å². The quantitative estimate of drug-likeness (QED) is 0.625. The third kappa shape index (κ3) is 4.15. The summed E-state index contributed by atoms with van der Waals surface area (Å²) in [6.45, 7) is 5.34. The van der Waals surface area contributed by atoms with Crippen LogP contribution in [0.25, 0.3) is 10.9 Å². The second kappa shape index (κ2) is 8.40. The summed E-state index contributed by atoms with van der Waals surface area (Å²) >= 11 is 6.12. The van der Waals surface area contributed by atoms with Gasteiger partial charge in [0.2, 0.25) is 0 Å². The molecule has 0 atom stereocenters. The second-order valence-corrected chi connectivity index (χ2v) is 6.94. The zero-order chi connectivity index (χ0) is 20.3. The van der Waals surface area contributed by atoms with Crippen molar-refractivity contribution in [3.63, 3.8) is 0 Å². The molecule has 5 nitrogen and oxygen atoms in total. The Morgan fingerprint density at radius 1 is 1.14 bits per heavy atom. The SMILES string of the molecule is CCc1nc2ccccc2c(C(=O)OCC(=O)Nc2ccc(C)cc2Cl)c1C. The van der Waals surface area contributed by atoms with E-state index in [9.17, 15) is 9.59 Å². The van der Waals surface area contributed by atoms with Crippen LogP contribution in [0.4, 0.5) is 5.69 Å². The van der Waals surface area contributed by atoms with Gasteiger partial charge >= 0.3 is 5.97 Å². The molecule has 0 bridgehead atoms. The summed E-state index contributed by atoms with van der Waals surface area (Å²) in [5.74, 6) is -0.998. The van der Waals surface area contributed by atoms with E-state index >= 15 is 0 Å².